The Morgan fingerprint density at radius 3 is 2.30 bits per heavy atom. The van der Waals surface area contributed by atoms with Gasteiger partial charge in [0.25, 0.3) is 0 Å². The molecule has 2 aliphatic rings. The number of unbranched alkanes of at least 4 members (excludes halogenated alkanes) is 2. The van der Waals surface area contributed by atoms with Gasteiger partial charge >= 0.3 is 5.97 Å². The molecule has 0 aliphatic heterocycles. The maximum absolute atomic E-state index is 13.3. The van der Waals surface area contributed by atoms with Crippen LogP contribution in [0.4, 0.5) is 4.39 Å². The molecule has 0 saturated heterocycles. The highest BCUT2D eigenvalue weighted by atomic mass is 19.1. The monoisotopic (exact) mass is 374 g/mol. The standard InChI is InChI=1S/C24H35FO2/c1-2-3-4-6-18-9-11-19(12-10-18)20-13-15-23(16-14-20)27-24(26)21-7-5-8-22(25)17-21/h5,7-8,17-20,23H,2-4,6,9-16H2,1H3/t18-,19-,20-,23-. The van der Waals surface area contributed by atoms with Crippen LogP contribution in [0.15, 0.2) is 24.3 Å². The molecule has 0 spiro atoms. The topological polar surface area (TPSA) is 26.3 Å². The fourth-order valence-corrected chi connectivity index (χ4v) is 5.14. The number of ether oxygens (including phenoxy) is 1. The molecule has 1 aromatic carbocycles. The summed E-state index contributed by atoms with van der Waals surface area (Å²) in [6.45, 7) is 2.28. The molecule has 2 aliphatic carbocycles. The van der Waals surface area contributed by atoms with Crippen LogP contribution in [0.2, 0.25) is 0 Å². The van der Waals surface area contributed by atoms with Gasteiger partial charge in [-0.3, -0.25) is 0 Å². The number of hydrogen-bond acceptors (Lipinski definition) is 2. The van der Waals surface area contributed by atoms with Crippen molar-refractivity contribution < 1.29 is 13.9 Å². The van der Waals surface area contributed by atoms with Gasteiger partial charge in [-0.15, -0.1) is 0 Å². The third kappa shape index (κ3) is 6.05. The van der Waals surface area contributed by atoms with Crippen LogP contribution >= 0.6 is 0 Å². The Kier molecular flexibility index (Phi) is 7.72. The average molecular weight is 375 g/mol. The van der Waals surface area contributed by atoms with Crippen LogP contribution in [0.5, 0.6) is 0 Å². The fourth-order valence-electron chi connectivity index (χ4n) is 5.14. The van der Waals surface area contributed by atoms with Crippen molar-refractivity contribution in [1.82, 2.24) is 0 Å². The minimum absolute atomic E-state index is 0.00222. The second-order valence-corrected chi connectivity index (χ2v) is 8.73. The van der Waals surface area contributed by atoms with Crippen molar-refractivity contribution in [2.75, 3.05) is 0 Å². The number of carbonyl (C=O) groups excluding carboxylic acids is 1. The third-order valence-electron chi connectivity index (χ3n) is 6.83. The number of benzene rings is 1. The van der Waals surface area contributed by atoms with E-state index in [1.54, 1.807) is 12.1 Å². The van der Waals surface area contributed by atoms with E-state index in [4.69, 9.17) is 4.74 Å². The van der Waals surface area contributed by atoms with Gasteiger partial charge in [-0.05, 0) is 74.5 Å². The molecular weight excluding hydrogens is 339 g/mol. The maximum atomic E-state index is 13.3. The molecule has 0 radical (unpaired) electrons. The molecule has 0 unspecified atom stereocenters. The van der Waals surface area contributed by atoms with Gasteiger partial charge in [0.05, 0.1) is 5.56 Å². The van der Waals surface area contributed by atoms with Gasteiger partial charge in [0.1, 0.15) is 11.9 Å². The minimum atomic E-state index is -0.390. The Morgan fingerprint density at radius 1 is 1.00 bits per heavy atom. The van der Waals surface area contributed by atoms with Gasteiger partial charge in [0, 0.05) is 0 Å². The first-order valence-corrected chi connectivity index (χ1v) is 11.1. The molecule has 1 aromatic rings. The van der Waals surface area contributed by atoms with Crippen LogP contribution in [-0.4, -0.2) is 12.1 Å². The first kappa shape index (κ1) is 20.4. The Balaban J connectivity index is 1.37. The second-order valence-electron chi connectivity index (χ2n) is 8.73. The van der Waals surface area contributed by atoms with Crippen molar-refractivity contribution in [1.29, 1.82) is 0 Å². The summed E-state index contributed by atoms with van der Waals surface area (Å²) in [5.41, 5.74) is 0.318. The van der Waals surface area contributed by atoms with Crippen LogP contribution < -0.4 is 0 Å². The molecule has 0 aromatic heterocycles. The van der Waals surface area contributed by atoms with Crippen molar-refractivity contribution in [2.45, 2.75) is 90.1 Å². The Labute approximate surface area is 163 Å². The molecule has 3 heteroatoms. The highest BCUT2D eigenvalue weighted by molar-refractivity contribution is 5.89. The Bertz CT molecular complexity index is 584. The largest absolute Gasteiger partial charge is 0.459 e. The number of carbonyl (C=O) groups is 1. The van der Waals surface area contributed by atoms with Gasteiger partial charge in [0.2, 0.25) is 0 Å². The molecule has 0 amide bonds. The molecule has 27 heavy (non-hydrogen) atoms. The smallest absolute Gasteiger partial charge is 0.338 e. The molecule has 2 nitrogen and oxygen atoms in total. The van der Waals surface area contributed by atoms with E-state index in [2.05, 4.69) is 6.92 Å². The molecule has 0 atom stereocenters. The number of hydrogen-bond donors (Lipinski definition) is 0. The molecule has 0 heterocycles. The molecule has 150 valence electrons. The molecule has 3 rings (SSSR count). The summed E-state index contributed by atoms with van der Waals surface area (Å²) < 4.78 is 18.9. The zero-order chi connectivity index (χ0) is 19.1. The van der Waals surface area contributed by atoms with Crippen molar-refractivity contribution in [2.24, 2.45) is 17.8 Å². The molecule has 0 bridgehead atoms. The van der Waals surface area contributed by atoms with Gasteiger partial charge in [0.15, 0.2) is 0 Å². The predicted molar refractivity (Wildman–Crippen MR) is 107 cm³/mol. The van der Waals surface area contributed by atoms with E-state index in [9.17, 15) is 9.18 Å². The number of halogens is 1. The molecule has 2 saturated carbocycles. The number of rotatable bonds is 7. The summed E-state index contributed by atoms with van der Waals surface area (Å²) in [6.07, 6.45) is 15.5. The minimum Gasteiger partial charge on any atom is -0.459 e. The quantitative estimate of drug-likeness (QED) is 0.382. The van der Waals surface area contributed by atoms with E-state index >= 15 is 0 Å². The lowest BCUT2D eigenvalue weighted by Crippen LogP contribution is -2.29. The van der Waals surface area contributed by atoms with Gasteiger partial charge < -0.3 is 4.74 Å². The second kappa shape index (κ2) is 10.2. The summed E-state index contributed by atoms with van der Waals surface area (Å²) in [7, 11) is 0. The van der Waals surface area contributed by atoms with Crippen molar-refractivity contribution in [3.63, 3.8) is 0 Å². The van der Waals surface area contributed by atoms with E-state index in [0.29, 0.717) is 5.56 Å². The molecular formula is C24H35FO2. The van der Waals surface area contributed by atoms with E-state index in [-0.39, 0.29) is 12.1 Å². The molecule has 2 fully saturated rings. The lowest BCUT2D eigenvalue weighted by molar-refractivity contribution is 0.0109. The van der Waals surface area contributed by atoms with Crippen molar-refractivity contribution in [3.05, 3.63) is 35.6 Å². The van der Waals surface area contributed by atoms with Crippen molar-refractivity contribution >= 4 is 5.97 Å². The summed E-state index contributed by atoms with van der Waals surface area (Å²) in [5, 5.41) is 0. The van der Waals surface area contributed by atoms with Crippen LogP contribution in [0, 0.1) is 23.6 Å². The van der Waals surface area contributed by atoms with Crippen LogP contribution in [0.1, 0.15) is 94.3 Å². The Morgan fingerprint density at radius 2 is 1.67 bits per heavy atom. The predicted octanol–water partition coefficient (Wildman–Crippen LogP) is 6.93. The highest BCUT2D eigenvalue weighted by Crippen LogP contribution is 2.41. The van der Waals surface area contributed by atoms with Crippen LogP contribution in [0.25, 0.3) is 0 Å². The van der Waals surface area contributed by atoms with Crippen LogP contribution in [0.3, 0.4) is 0 Å². The lowest BCUT2D eigenvalue weighted by Gasteiger charge is -2.37. The van der Waals surface area contributed by atoms with Gasteiger partial charge in [-0.2, -0.15) is 0 Å². The zero-order valence-corrected chi connectivity index (χ0v) is 16.8. The summed E-state index contributed by atoms with van der Waals surface area (Å²) in [4.78, 5) is 12.2. The third-order valence-corrected chi connectivity index (χ3v) is 6.83. The van der Waals surface area contributed by atoms with Crippen molar-refractivity contribution in [3.8, 4) is 0 Å². The maximum Gasteiger partial charge on any atom is 0.338 e. The van der Waals surface area contributed by atoms with E-state index in [0.717, 1.165) is 30.6 Å². The summed E-state index contributed by atoms with van der Waals surface area (Å²) in [6, 6.07) is 5.78. The van der Waals surface area contributed by atoms with E-state index in [1.165, 1.54) is 76.3 Å². The van der Waals surface area contributed by atoms with Crippen LogP contribution in [-0.2, 0) is 4.74 Å². The first-order valence-electron chi connectivity index (χ1n) is 11.1. The molecule has 0 N–H and O–H groups in total. The SMILES string of the molecule is CCCCC[C@H]1CC[C@H]([C@H]2CC[C@H](OC(=O)c3cccc(F)c3)CC2)CC1. The van der Waals surface area contributed by atoms with Gasteiger partial charge in [-0.1, -0.05) is 51.5 Å². The Hall–Kier alpha value is -1.38. The van der Waals surface area contributed by atoms with Gasteiger partial charge in [-0.25, -0.2) is 9.18 Å². The number of esters is 1. The summed E-state index contributed by atoms with van der Waals surface area (Å²) in [5.74, 6) is 1.89. The lowest BCUT2D eigenvalue weighted by atomic mass is 9.70. The summed E-state index contributed by atoms with van der Waals surface area (Å²) >= 11 is 0. The first-order chi connectivity index (χ1) is 13.2. The fraction of sp³-hybridized carbons (Fsp3) is 0.708. The zero-order valence-electron chi connectivity index (χ0n) is 16.8. The highest BCUT2D eigenvalue weighted by Gasteiger charge is 2.32. The van der Waals surface area contributed by atoms with E-state index < -0.39 is 5.82 Å². The van der Waals surface area contributed by atoms with E-state index in [1.807, 2.05) is 0 Å². The average Bonchev–Trinajstić information content (AvgIpc) is 2.69. The normalized spacial score (nSPS) is 28.7.